The van der Waals surface area contributed by atoms with Crippen LogP contribution in [0.1, 0.15) is 17.2 Å². The molecule has 0 radical (unpaired) electrons. The van der Waals surface area contributed by atoms with Gasteiger partial charge in [-0.25, -0.2) is 0 Å². The molecule has 0 saturated carbocycles. The van der Waals surface area contributed by atoms with Crippen molar-refractivity contribution in [3.8, 4) is 5.75 Å². The number of aliphatic hydroxyl groups is 1. The molecule has 0 spiro atoms. The van der Waals surface area contributed by atoms with Gasteiger partial charge >= 0.3 is 0 Å². The summed E-state index contributed by atoms with van der Waals surface area (Å²) >= 11 is 0. The minimum Gasteiger partial charge on any atom is -0.507 e. The summed E-state index contributed by atoms with van der Waals surface area (Å²) < 4.78 is 10.3. The van der Waals surface area contributed by atoms with Crippen LogP contribution in [0.3, 0.4) is 0 Å². The first kappa shape index (κ1) is 20.6. The van der Waals surface area contributed by atoms with E-state index in [1.54, 1.807) is 38.5 Å². The molecular formula is C25H23NO5. The largest absolute Gasteiger partial charge is 0.507 e. The molecule has 6 nitrogen and oxygen atoms in total. The van der Waals surface area contributed by atoms with Crippen molar-refractivity contribution in [1.82, 2.24) is 4.90 Å². The van der Waals surface area contributed by atoms with Crippen LogP contribution in [0.25, 0.3) is 16.5 Å². The number of methoxy groups -OCH3 is 2. The monoisotopic (exact) mass is 417 g/mol. The first-order valence-corrected chi connectivity index (χ1v) is 9.96. The summed E-state index contributed by atoms with van der Waals surface area (Å²) in [4.78, 5) is 27.5. The molecular weight excluding hydrogens is 394 g/mol. The topological polar surface area (TPSA) is 76.1 Å². The fourth-order valence-electron chi connectivity index (χ4n) is 4.02. The van der Waals surface area contributed by atoms with Crippen LogP contribution in [0.4, 0.5) is 0 Å². The molecule has 0 aromatic heterocycles. The van der Waals surface area contributed by atoms with E-state index in [0.29, 0.717) is 11.3 Å². The number of Topliss-reactive ketones (excluding diaryl/α,β-unsaturated/α-hetero) is 1. The lowest BCUT2D eigenvalue weighted by Crippen LogP contribution is -2.32. The smallest absolute Gasteiger partial charge is 0.295 e. The van der Waals surface area contributed by atoms with Crippen LogP contribution in [-0.2, 0) is 14.3 Å². The second-order valence-corrected chi connectivity index (χ2v) is 7.28. The molecule has 1 fully saturated rings. The van der Waals surface area contributed by atoms with Crippen molar-refractivity contribution in [2.24, 2.45) is 0 Å². The molecule has 1 heterocycles. The van der Waals surface area contributed by atoms with Gasteiger partial charge in [0.2, 0.25) is 0 Å². The van der Waals surface area contributed by atoms with Gasteiger partial charge in [-0.3, -0.25) is 9.59 Å². The van der Waals surface area contributed by atoms with E-state index in [2.05, 4.69) is 0 Å². The molecule has 1 atom stereocenters. The number of fused-ring (bicyclic) bond motifs is 1. The van der Waals surface area contributed by atoms with Gasteiger partial charge in [0.15, 0.2) is 0 Å². The summed E-state index contributed by atoms with van der Waals surface area (Å²) in [5, 5.41) is 13.0. The average molecular weight is 417 g/mol. The van der Waals surface area contributed by atoms with E-state index in [1.807, 2.05) is 42.5 Å². The molecule has 3 aromatic rings. The molecule has 0 unspecified atom stereocenters. The molecule has 3 aromatic carbocycles. The highest BCUT2D eigenvalue weighted by molar-refractivity contribution is 6.46. The van der Waals surface area contributed by atoms with Crippen molar-refractivity contribution in [3.63, 3.8) is 0 Å². The number of ether oxygens (including phenoxy) is 2. The van der Waals surface area contributed by atoms with E-state index in [-0.39, 0.29) is 24.5 Å². The fourth-order valence-corrected chi connectivity index (χ4v) is 4.02. The van der Waals surface area contributed by atoms with Crippen LogP contribution in [0.5, 0.6) is 5.75 Å². The second kappa shape index (κ2) is 8.62. The van der Waals surface area contributed by atoms with Crippen molar-refractivity contribution in [3.05, 3.63) is 83.4 Å². The van der Waals surface area contributed by atoms with Gasteiger partial charge in [-0.1, -0.05) is 42.5 Å². The minimum atomic E-state index is -0.719. The quantitative estimate of drug-likeness (QED) is 0.374. The van der Waals surface area contributed by atoms with Gasteiger partial charge < -0.3 is 19.5 Å². The number of ketones is 1. The van der Waals surface area contributed by atoms with Gasteiger partial charge in [-0.15, -0.1) is 0 Å². The molecule has 1 amide bonds. The molecule has 31 heavy (non-hydrogen) atoms. The van der Waals surface area contributed by atoms with Crippen LogP contribution >= 0.6 is 0 Å². The Morgan fingerprint density at radius 3 is 2.39 bits per heavy atom. The summed E-state index contributed by atoms with van der Waals surface area (Å²) in [7, 11) is 3.09. The van der Waals surface area contributed by atoms with E-state index in [9.17, 15) is 14.7 Å². The van der Waals surface area contributed by atoms with Crippen molar-refractivity contribution in [2.45, 2.75) is 6.04 Å². The van der Waals surface area contributed by atoms with Gasteiger partial charge in [0.1, 0.15) is 11.5 Å². The lowest BCUT2D eigenvalue weighted by atomic mass is 9.91. The highest BCUT2D eigenvalue weighted by atomic mass is 16.5. The van der Waals surface area contributed by atoms with E-state index < -0.39 is 17.7 Å². The predicted molar refractivity (Wildman–Crippen MR) is 118 cm³/mol. The van der Waals surface area contributed by atoms with Gasteiger partial charge in [-0.05, 0) is 40.6 Å². The Balaban J connectivity index is 1.92. The highest BCUT2D eigenvalue weighted by Gasteiger charge is 2.46. The number of rotatable bonds is 6. The number of carbonyl (C=O) groups is 2. The summed E-state index contributed by atoms with van der Waals surface area (Å²) in [6, 6.07) is 19.5. The molecule has 0 aliphatic carbocycles. The third kappa shape index (κ3) is 3.66. The van der Waals surface area contributed by atoms with Gasteiger partial charge in [-0.2, -0.15) is 0 Å². The summed E-state index contributed by atoms with van der Waals surface area (Å²) in [6.07, 6.45) is 0. The Morgan fingerprint density at radius 1 is 0.968 bits per heavy atom. The van der Waals surface area contributed by atoms with Gasteiger partial charge in [0.25, 0.3) is 11.7 Å². The van der Waals surface area contributed by atoms with Crippen LogP contribution in [0, 0.1) is 0 Å². The van der Waals surface area contributed by atoms with Crippen LogP contribution < -0.4 is 4.74 Å². The maximum Gasteiger partial charge on any atom is 0.295 e. The van der Waals surface area contributed by atoms with E-state index >= 15 is 0 Å². The number of hydrogen-bond donors (Lipinski definition) is 1. The van der Waals surface area contributed by atoms with Crippen molar-refractivity contribution in [2.75, 3.05) is 27.4 Å². The molecule has 158 valence electrons. The standard InChI is InChI=1S/C25H23NO5/c1-30-15-14-26-22(20-9-5-7-16-6-3-4-8-19(16)20)21(24(28)25(26)29)23(27)17-10-12-18(31-2)13-11-17/h3-13,22,27H,14-15H2,1-2H3/t22-/m0/s1. The van der Waals surface area contributed by atoms with Crippen molar-refractivity contribution >= 4 is 28.2 Å². The molecule has 1 aliphatic rings. The number of hydrogen-bond acceptors (Lipinski definition) is 5. The molecule has 1 aliphatic heterocycles. The Hall–Kier alpha value is -3.64. The van der Waals surface area contributed by atoms with Gasteiger partial charge in [0, 0.05) is 19.2 Å². The first-order chi connectivity index (χ1) is 15.1. The fraction of sp³-hybridized carbons (Fsp3) is 0.200. The van der Waals surface area contributed by atoms with E-state index in [1.165, 1.54) is 4.90 Å². The Labute approximate surface area is 180 Å². The number of nitrogens with zero attached hydrogens (tertiary/aromatic N) is 1. The Morgan fingerprint density at radius 2 is 1.68 bits per heavy atom. The second-order valence-electron chi connectivity index (χ2n) is 7.28. The van der Waals surface area contributed by atoms with Crippen molar-refractivity contribution in [1.29, 1.82) is 0 Å². The maximum absolute atomic E-state index is 13.1. The maximum atomic E-state index is 13.1. The normalized spacial score (nSPS) is 18.0. The molecule has 6 heteroatoms. The average Bonchev–Trinajstić information content (AvgIpc) is 3.06. The SMILES string of the molecule is COCCN1C(=O)C(=O)C(=C(O)c2ccc(OC)cc2)[C@@H]1c1cccc2ccccc12. The number of amides is 1. The lowest BCUT2D eigenvalue weighted by molar-refractivity contribution is -0.140. The van der Waals surface area contributed by atoms with Crippen LogP contribution in [0.2, 0.25) is 0 Å². The zero-order valence-electron chi connectivity index (χ0n) is 17.4. The molecule has 4 rings (SSSR count). The predicted octanol–water partition coefficient (Wildman–Crippen LogP) is 3.92. The number of aliphatic hydroxyl groups excluding tert-OH is 1. The van der Waals surface area contributed by atoms with Crippen LogP contribution in [0.15, 0.2) is 72.3 Å². The zero-order chi connectivity index (χ0) is 22.0. The van der Waals surface area contributed by atoms with E-state index in [4.69, 9.17) is 9.47 Å². The van der Waals surface area contributed by atoms with Crippen molar-refractivity contribution < 1.29 is 24.2 Å². The highest BCUT2D eigenvalue weighted by Crippen LogP contribution is 2.41. The summed E-state index contributed by atoms with van der Waals surface area (Å²) in [5.41, 5.74) is 1.29. The number of likely N-dealkylation sites (tertiary alicyclic amines) is 1. The Bertz CT molecular complexity index is 1160. The third-order valence-corrected chi connectivity index (χ3v) is 5.56. The minimum absolute atomic E-state index is 0.0719. The Kier molecular flexibility index (Phi) is 5.73. The molecule has 1 N–H and O–H groups in total. The molecule has 0 bridgehead atoms. The summed E-state index contributed by atoms with van der Waals surface area (Å²) in [5.74, 6) is -0.936. The number of benzene rings is 3. The van der Waals surface area contributed by atoms with Crippen LogP contribution in [-0.4, -0.2) is 49.1 Å². The zero-order valence-corrected chi connectivity index (χ0v) is 17.4. The first-order valence-electron chi connectivity index (χ1n) is 9.96. The van der Waals surface area contributed by atoms with Gasteiger partial charge in [0.05, 0.1) is 25.3 Å². The lowest BCUT2D eigenvalue weighted by Gasteiger charge is -2.26. The number of carbonyl (C=O) groups excluding carboxylic acids is 2. The molecule has 1 saturated heterocycles. The third-order valence-electron chi connectivity index (χ3n) is 5.56. The van der Waals surface area contributed by atoms with E-state index in [0.717, 1.165) is 16.3 Å². The summed E-state index contributed by atoms with van der Waals surface area (Å²) in [6.45, 7) is 0.505.